The van der Waals surface area contributed by atoms with E-state index in [2.05, 4.69) is 15.5 Å². The molecule has 1 aromatic carbocycles. The summed E-state index contributed by atoms with van der Waals surface area (Å²) in [7, 11) is 0. The zero-order valence-electron chi connectivity index (χ0n) is 14.0. The van der Waals surface area contributed by atoms with Crippen LogP contribution in [0.5, 0.6) is 0 Å². The molecule has 5 nitrogen and oxygen atoms in total. The molecule has 1 atom stereocenters. The smallest absolute Gasteiger partial charge is 0.205 e. The Hall–Kier alpha value is -1.57. The lowest BCUT2D eigenvalue weighted by molar-refractivity contribution is -0.185. The van der Waals surface area contributed by atoms with Crippen LogP contribution in [-0.4, -0.2) is 35.2 Å². The zero-order chi connectivity index (χ0) is 17.1. The zero-order valence-corrected chi connectivity index (χ0v) is 14.9. The fourth-order valence-electron chi connectivity index (χ4n) is 3.47. The van der Waals surface area contributed by atoms with Gasteiger partial charge in [-0.15, -0.1) is 10.2 Å². The van der Waals surface area contributed by atoms with Crippen molar-refractivity contribution in [2.45, 2.75) is 50.4 Å². The predicted molar refractivity (Wildman–Crippen MR) is 94.2 cm³/mol. The highest BCUT2D eigenvalue weighted by Gasteiger charge is 2.42. The highest BCUT2D eigenvalue weighted by molar-refractivity contribution is 7.15. The molecule has 2 fully saturated rings. The van der Waals surface area contributed by atoms with Crippen molar-refractivity contribution in [2.24, 2.45) is 0 Å². The first kappa shape index (κ1) is 16.9. The Balaban J connectivity index is 1.29. The molecule has 0 amide bonds. The summed E-state index contributed by atoms with van der Waals surface area (Å²) in [6.45, 7) is 1.27. The van der Waals surface area contributed by atoms with Crippen LogP contribution in [-0.2, 0) is 15.9 Å². The summed E-state index contributed by atoms with van der Waals surface area (Å²) in [4.78, 5) is 0. The van der Waals surface area contributed by atoms with Crippen LogP contribution in [0.1, 0.15) is 42.7 Å². The minimum absolute atomic E-state index is 0.0389. The molecular formula is C18H22FN3O2S. The van der Waals surface area contributed by atoms with Crippen LogP contribution in [0.2, 0.25) is 0 Å². The topological polar surface area (TPSA) is 56.3 Å². The van der Waals surface area contributed by atoms with E-state index in [1.807, 2.05) is 6.07 Å². The van der Waals surface area contributed by atoms with Crippen molar-refractivity contribution in [3.8, 4) is 0 Å². The lowest BCUT2D eigenvalue weighted by Gasteiger charge is -2.31. The molecule has 2 aliphatic rings. The van der Waals surface area contributed by atoms with Gasteiger partial charge in [0.15, 0.2) is 5.79 Å². The van der Waals surface area contributed by atoms with Crippen LogP contribution < -0.4 is 5.32 Å². The highest BCUT2D eigenvalue weighted by Crippen LogP contribution is 2.37. The first-order valence-electron chi connectivity index (χ1n) is 8.84. The van der Waals surface area contributed by atoms with Crippen LogP contribution >= 0.6 is 11.3 Å². The minimum atomic E-state index is -0.346. The number of nitrogens with one attached hydrogen (secondary N) is 1. The van der Waals surface area contributed by atoms with Gasteiger partial charge in [0, 0.05) is 25.8 Å². The summed E-state index contributed by atoms with van der Waals surface area (Å²) in [5, 5.41) is 13.1. The van der Waals surface area contributed by atoms with Crippen molar-refractivity contribution in [3.05, 3.63) is 40.7 Å². The van der Waals surface area contributed by atoms with Gasteiger partial charge in [-0.2, -0.15) is 0 Å². The molecule has 1 aromatic heterocycles. The van der Waals surface area contributed by atoms with E-state index in [4.69, 9.17) is 9.47 Å². The average molecular weight is 363 g/mol. The highest BCUT2D eigenvalue weighted by atomic mass is 32.1. The maximum atomic E-state index is 13.7. The van der Waals surface area contributed by atoms with E-state index in [1.165, 1.54) is 36.7 Å². The molecule has 2 heterocycles. The monoisotopic (exact) mass is 363 g/mol. The summed E-state index contributed by atoms with van der Waals surface area (Å²) >= 11 is 1.45. The molecule has 2 aromatic rings. The normalized spacial score (nSPS) is 22.4. The van der Waals surface area contributed by atoms with Gasteiger partial charge in [0.25, 0.3) is 0 Å². The van der Waals surface area contributed by atoms with E-state index in [9.17, 15) is 4.39 Å². The van der Waals surface area contributed by atoms with Gasteiger partial charge in [-0.05, 0) is 24.5 Å². The summed E-state index contributed by atoms with van der Waals surface area (Å²) in [6, 6.07) is 6.76. The number of aromatic nitrogens is 2. The summed E-state index contributed by atoms with van der Waals surface area (Å²) in [5.41, 5.74) is 0.636. The van der Waals surface area contributed by atoms with Crippen molar-refractivity contribution in [1.82, 2.24) is 10.2 Å². The Morgan fingerprint density at radius 3 is 2.88 bits per heavy atom. The summed E-state index contributed by atoms with van der Waals surface area (Å²) in [5.74, 6) is -0.552. The number of benzene rings is 1. The molecular weight excluding hydrogens is 341 g/mol. The van der Waals surface area contributed by atoms with E-state index in [1.54, 1.807) is 12.1 Å². The van der Waals surface area contributed by atoms with Crippen LogP contribution in [0.25, 0.3) is 0 Å². The molecule has 1 spiro atoms. The van der Waals surface area contributed by atoms with Crippen LogP contribution in [0.3, 0.4) is 0 Å². The first-order valence-corrected chi connectivity index (χ1v) is 9.66. The Labute approximate surface area is 150 Å². The van der Waals surface area contributed by atoms with E-state index in [-0.39, 0.29) is 17.7 Å². The van der Waals surface area contributed by atoms with Gasteiger partial charge in [-0.25, -0.2) is 4.39 Å². The Bertz CT molecular complexity index is 718. The molecule has 1 aliphatic heterocycles. The Morgan fingerprint density at radius 2 is 2.04 bits per heavy atom. The van der Waals surface area contributed by atoms with E-state index < -0.39 is 0 Å². The van der Waals surface area contributed by atoms with Crippen molar-refractivity contribution < 1.29 is 13.9 Å². The molecule has 1 unspecified atom stereocenters. The van der Waals surface area contributed by atoms with Gasteiger partial charge in [0.05, 0.1) is 6.61 Å². The number of anilines is 1. The molecule has 1 N–H and O–H groups in total. The van der Waals surface area contributed by atoms with Crippen LogP contribution in [0.15, 0.2) is 24.3 Å². The number of halogens is 1. The SMILES string of the molecule is Fc1ccccc1Cc1nnc(NCC2COC3(CCCCC3)O2)s1. The molecule has 4 rings (SSSR count). The average Bonchev–Trinajstić information content (AvgIpc) is 3.23. The van der Waals surface area contributed by atoms with Gasteiger partial charge < -0.3 is 14.8 Å². The molecule has 1 saturated heterocycles. The van der Waals surface area contributed by atoms with Gasteiger partial charge in [0.2, 0.25) is 5.13 Å². The number of hydrogen-bond acceptors (Lipinski definition) is 6. The maximum Gasteiger partial charge on any atom is 0.205 e. The maximum absolute atomic E-state index is 13.7. The van der Waals surface area contributed by atoms with Gasteiger partial charge in [0.1, 0.15) is 16.9 Å². The molecule has 1 saturated carbocycles. The van der Waals surface area contributed by atoms with Gasteiger partial charge in [-0.3, -0.25) is 0 Å². The lowest BCUT2D eigenvalue weighted by atomic mass is 9.94. The van der Waals surface area contributed by atoms with E-state index in [0.29, 0.717) is 25.1 Å². The molecule has 1 aliphatic carbocycles. The van der Waals surface area contributed by atoms with Crippen molar-refractivity contribution in [3.63, 3.8) is 0 Å². The fraction of sp³-hybridized carbons (Fsp3) is 0.556. The van der Waals surface area contributed by atoms with Gasteiger partial charge >= 0.3 is 0 Å². The minimum Gasteiger partial charge on any atom is -0.357 e. The number of ether oxygens (including phenoxy) is 2. The van der Waals surface area contributed by atoms with E-state index >= 15 is 0 Å². The number of nitrogens with zero attached hydrogens (tertiary/aromatic N) is 2. The second kappa shape index (κ2) is 7.35. The van der Waals surface area contributed by atoms with Gasteiger partial charge in [-0.1, -0.05) is 36.0 Å². The van der Waals surface area contributed by atoms with Crippen molar-refractivity contribution in [1.29, 1.82) is 0 Å². The lowest BCUT2D eigenvalue weighted by Crippen LogP contribution is -2.34. The molecule has 7 heteroatoms. The summed E-state index contributed by atoms with van der Waals surface area (Å²) < 4.78 is 25.8. The Kier molecular flexibility index (Phi) is 4.96. The Morgan fingerprint density at radius 1 is 1.20 bits per heavy atom. The molecule has 134 valence electrons. The molecule has 25 heavy (non-hydrogen) atoms. The quantitative estimate of drug-likeness (QED) is 0.877. The van der Waals surface area contributed by atoms with Crippen molar-refractivity contribution >= 4 is 16.5 Å². The molecule has 0 radical (unpaired) electrons. The van der Waals surface area contributed by atoms with Crippen molar-refractivity contribution in [2.75, 3.05) is 18.5 Å². The second-order valence-electron chi connectivity index (χ2n) is 6.67. The second-order valence-corrected chi connectivity index (χ2v) is 7.73. The van der Waals surface area contributed by atoms with Crippen LogP contribution in [0, 0.1) is 5.82 Å². The van der Waals surface area contributed by atoms with E-state index in [0.717, 1.165) is 23.0 Å². The third-order valence-electron chi connectivity index (χ3n) is 4.78. The number of rotatable bonds is 5. The first-order chi connectivity index (χ1) is 12.2. The third kappa shape index (κ3) is 3.99. The summed E-state index contributed by atoms with van der Waals surface area (Å²) in [6.07, 6.45) is 6.11. The number of hydrogen-bond donors (Lipinski definition) is 1. The molecule has 0 bridgehead atoms. The largest absolute Gasteiger partial charge is 0.357 e. The fourth-order valence-corrected chi connectivity index (χ4v) is 4.24. The van der Waals surface area contributed by atoms with Crippen LogP contribution in [0.4, 0.5) is 9.52 Å². The third-order valence-corrected chi connectivity index (χ3v) is 5.66. The predicted octanol–water partition coefficient (Wildman–Crippen LogP) is 3.76. The standard InChI is InChI=1S/C18H22FN3O2S/c19-15-7-3-2-6-13(15)10-16-21-22-17(25-16)20-11-14-12-23-18(24-14)8-4-1-5-9-18/h2-3,6-7,14H,1,4-5,8-12H2,(H,20,22).